The molecule has 0 aliphatic rings. The fourth-order valence-corrected chi connectivity index (χ4v) is 3.29. The van der Waals surface area contributed by atoms with Crippen LogP contribution in [0, 0.1) is 0 Å². The van der Waals surface area contributed by atoms with Crippen LogP contribution in [0.5, 0.6) is 11.5 Å². The Bertz CT molecular complexity index is 1160. The molecule has 196 valence electrons. The first kappa shape index (κ1) is 32.5. The number of benzene rings is 2. The lowest BCUT2D eigenvalue weighted by molar-refractivity contribution is -0.0442. The number of sulfone groups is 2. The van der Waals surface area contributed by atoms with E-state index in [1.807, 2.05) is 0 Å². The first-order chi connectivity index (χ1) is 16.0. The van der Waals surface area contributed by atoms with Gasteiger partial charge in [-0.05, 0) is 48.5 Å². The molecular weight excluding hydrogens is 594 g/mol. The highest BCUT2D eigenvalue weighted by atomic mass is 79.9. The highest BCUT2D eigenvalue weighted by molar-refractivity contribution is 9.09. The molecule has 15 heteroatoms. The van der Waals surface area contributed by atoms with Gasteiger partial charge in [0.05, 0.1) is 9.79 Å². The number of phenolic OH excluding ortho intramolecular Hbond substituents is 1. The molecule has 6 nitrogen and oxygen atoms in total. The van der Waals surface area contributed by atoms with Crippen LogP contribution in [0.25, 0.3) is 0 Å². The Hall–Kier alpha value is -2.52. The molecule has 0 amide bonds. The maximum absolute atomic E-state index is 12.2. The van der Waals surface area contributed by atoms with Crippen LogP contribution in [0.1, 0.15) is 0 Å². The van der Waals surface area contributed by atoms with Crippen LogP contribution in [0.4, 0.5) is 26.3 Å². The molecule has 2 aromatic rings. The molecule has 2 aromatic carbocycles. The number of hydrogen-bond donors (Lipinski definition) is 1. The molecular formula is C20H19BrF6O6S2. The number of hydrogen-bond acceptors (Lipinski definition) is 6. The Morgan fingerprint density at radius 2 is 1.11 bits per heavy atom. The van der Waals surface area contributed by atoms with Crippen molar-refractivity contribution < 1.29 is 53.0 Å². The summed E-state index contributed by atoms with van der Waals surface area (Å²) in [5.74, 6) is -0.0304. The van der Waals surface area contributed by atoms with Gasteiger partial charge < -0.3 is 9.84 Å². The van der Waals surface area contributed by atoms with Crippen LogP contribution in [0.2, 0.25) is 0 Å². The maximum Gasteiger partial charge on any atom is 0.501 e. The quantitative estimate of drug-likeness (QED) is 0.252. The van der Waals surface area contributed by atoms with E-state index in [0.29, 0.717) is 12.1 Å². The molecule has 0 atom stereocenters. The number of alkyl halides is 7. The molecule has 0 aliphatic carbocycles. The van der Waals surface area contributed by atoms with E-state index < -0.39 is 40.5 Å². The van der Waals surface area contributed by atoms with Gasteiger partial charge in [-0.3, -0.25) is 0 Å². The third kappa shape index (κ3) is 9.93. The molecule has 0 aliphatic heterocycles. The van der Waals surface area contributed by atoms with E-state index in [1.165, 1.54) is 6.08 Å². The largest absolute Gasteiger partial charge is 0.508 e. The van der Waals surface area contributed by atoms with Crippen LogP contribution in [0.15, 0.2) is 83.6 Å². The highest BCUT2D eigenvalue weighted by Crippen LogP contribution is 2.31. The average Bonchev–Trinajstić information content (AvgIpc) is 2.77. The molecule has 0 saturated carbocycles. The van der Waals surface area contributed by atoms with Crippen molar-refractivity contribution in [1.82, 2.24) is 0 Å². The minimum Gasteiger partial charge on any atom is -0.508 e. The molecule has 1 N–H and O–H groups in total. The molecule has 0 unspecified atom stereocenters. The van der Waals surface area contributed by atoms with Gasteiger partial charge in [0.2, 0.25) is 0 Å². The SMILES string of the molecule is C=CCBr.C=CCOc1ccc(S(=O)(=O)C(F)(F)F)cc1.O=S(=O)(c1ccc(O)cc1)C(F)(F)F. The second-order valence-corrected chi connectivity index (χ2v) is 10.4. The molecule has 0 fully saturated rings. The first-order valence-electron chi connectivity index (χ1n) is 8.88. The van der Waals surface area contributed by atoms with Gasteiger partial charge in [-0.15, -0.1) is 6.58 Å². The summed E-state index contributed by atoms with van der Waals surface area (Å²) in [5.41, 5.74) is -10.6. The van der Waals surface area contributed by atoms with Gasteiger partial charge in [0.15, 0.2) is 0 Å². The van der Waals surface area contributed by atoms with Gasteiger partial charge in [-0.1, -0.05) is 34.7 Å². The zero-order valence-electron chi connectivity index (χ0n) is 17.6. The first-order valence-corrected chi connectivity index (χ1v) is 13.0. The van der Waals surface area contributed by atoms with E-state index >= 15 is 0 Å². The fourth-order valence-electron chi connectivity index (χ4n) is 1.76. The molecule has 0 aromatic heterocycles. The predicted octanol–water partition coefficient (Wildman–Crippen LogP) is 5.80. The van der Waals surface area contributed by atoms with Gasteiger partial charge >= 0.3 is 11.0 Å². The van der Waals surface area contributed by atoms with E-state index in [9.17, 15) is 43.2 Å². The smallest absolute Gasteiger partial charge is 0.501 e. The van der Waals surface area contributed by atoms with E-state index in [4.69, 9.17) is 9.84 Å². The summed E-state index contributed by atoms with van der Waals surface area (Å²) >= 11 is 3.13. The number of phenols is 1. The van der Waals surface area contributed by atoms with Gasteiger partial charge in [-0.25, -0.2) is 16.8 Å². The minimum atomic E-state index is -5.32. The monoisotopic (exact) mass is 612 g/mol. The summed E-state index contributed by atoms with van der Waals surface area (Å²) in [6.07, 6.45) is 3.25. The Labute approximate surface area is 206 Å². The number of aromatic hydroxyl groups is 1. The fraction of sp³-hybridized carbons (Fsp3) is 0.200. The lowest BCUT2D eigenvalue weighted by atomic mass is 10.3. The molecule has 2 rings (SSSR count). The van der Waals surface area contributed by atoms with Gasteiger partial charge in [-0.2, -0.15) is 26.3 Å². The van der Waals surface area contributed by atoms with Crippen LogP contribution in [-0.2, 0) is 19.7 Å². The summed E-state index contributed by atoms with van der Waals surface area (Å²) in [7, 11) is -10.6. The summed E-state index contributed by atoms with van der Waals surface area (Å²) in [4.78, 5) is -1.70. The van der Waals surface area contributed by atoms with Crippen LogP contribution >= 0.6 is 15.9 Å². The predicted molar refractivity (Wildman–Crippen MR) is 121 cm³/mol. The van der Waals surface area contributed by atoms with E-state index in [2.05, 4.69) is 29.1 Å². The standard InChI is InChI=1S/C10H9F3O3S.C7H5F3O3S.C3H5Br/c1-2-7-16-8-3-5-9(6-4-8)17(14,15)10(11,12)13;8-7(9,10)14(12,13)6-3-1-5(11)2-4-6;1-2-3-4/h2-6H,1,7H2;1-4,11H;2H,1,3H2. The van der Waals surface area contributed by atoms with E-state index in [1.54, 1.807) is 6.08 Å². The molecule has 0 radical (unpaired) electrons. The topological polar surface area (TPSA) is 97.7 Å². The minimum absolute atomic E-state index is 0.186. The van der Waals surface area contributed by atoms with Crippen LogP contribution < -0.4 is 4.74 Å². The number of halogens is 7. The third-order valence-corrected chi connectivity index (χ3v) is 6.83. The second-order valence-electron chi connectivity index (χ2n) is 5.91. The molecule has 0 heterocycles. The summed E-state index contributed by atoms with van der Waals surface area (Å²) in [6, 6.07) is 7.14. The zero-order valence-corrected chi connectivity index (χ0v) is 20.8. The van der Waals surface area contributed by atoms with Crippen molar-refractivity contribution in [2.24, 2.45) is 0 Å². The number of allylic oxidation sites excluding steroid dienone is 1. The van der Waals surface area contributed by atoms with Crippen molar-refractivity contribution in [2.75, 3.05) is 11.9 Å². The average molecular weight is 613 g/mol. The Kier molecular flexibility index (Phi) is 12.6. The second kappa shape index (κ2) is 13.5. The zero-order chi connectivity index (χ0) is 27.5. The number of ether oxygens (including phenoxy) is 1. The third-order valence-electron chi connectivity index (χ3n) is 3.37. The summed E-state index contributed by atoms with van der Waals surface area (Å²) < 4.78 is 121. The van der Waals surface area contributed by atoms with E-state index in [-0.39, 0.29) is 18.1 Å². The highest BCUT2D eigenvalue weighted by Gasteiger charge is 2.47. The summed E-state index contributed by atoms with van der Waals surface area (Å²) in [5, 5.41) is 9.64. The normalized spacial score (nSPS) is 11.7. The maximum atomic E-state index is 12.2. The summed E-state index contributed by atoms with van der Waals surface area (Å²) in [6.45, 7) is 7.01. The lowest BCUT2D eigenvalue weighted by Gasteiger charge is -2.08. The van der Waals surface area contributed by atoms with Gasteiger partial charge in [0.25, 0.3) is 19.7 Å². The van der Waals surface area contributed by atoms with Gasteiger partial charge in [0, 0.05) is 5.33 Å². The Morgan fingerprint density at radius 3 is 1.40 bits per heavy atom. The van der Waals surface area contributed by atoms with Gasteiger partial charge in [0.1, 0.15) is 18.1 Å². The van der Waals surface area contributed by atoms with Crippen molar-refractivity contribution in [3.8, 4) is 11.5 Å². The van der Waals surface area contributed by atoms with Crippen molar-refractivity contribution >= 4 is 35.6 Å². The van der Waals surface area contributed by atoms with Crippen LogP contribution in [0.3, 0.4) is 0 Å². The van der Waals surface area contributed by atoms with Crippen molar-refractivity contribution in [3.63, 3.8) is 0 Å². The Morgan fingerprint density at radius 1 is 0.771 bits per heavy atom. The number of rotatable bonds is 6. The molecule has 0 spiro atoms. The van der Waals surface area contributed by atoms with Crippen molar-refractivity contribution in [1.29, 1.82) is 0 Å². The van der Waals surface area contributed by atoms with Crippen molar-refractivity contribution in [2.45, 2.75) is 20.8 Å². The van der Waals surface area contributed by atoms with Crippen LogP contribution in [-0.4, -0.2) is 44.9 Å². The lowest BCUT2D eigenvalue weighted by Crippen LogP contribution is -2.23. The molecule has 35 heavy (non-hydrogen) atoms. The Balaban J connectivity index is 0.000000581. The molecule has 0 saturated heterocycles. The molecule has 0 bridgehead atoms. The van der Waals surface area contributed by atoms with Crippen molar-refractivity contribution in [3.05, 3.63) is 73.8 Å². The van der Waals surface area contributed by atoms with E-state index in [0.717, 1.165) is 41.7 Å².